The highest BCUT2D eigenvalue weighted by molar-refractivity contribution is 6.33. The van der Waals surface area contributed by atoms with Gasteiger partial charge >= 0.3 is 0 Å². The fraction of sp³-hybridized carbons (Fsp3) is 0.600. The molecule has 0 aliphatic heterocycles. The predicted molar refractivity (Wildman–Crippen MR) is 60.1 cm³/mol. The Morgan fingerprint density at radius 1 is 1.60 bits per heavy atom. The Labute approximate surface area is 94.6 Å². The molecule has 84 valence electrons. The fourth-order valence-electron chi connectivity index (χ4n) is 1.27. The maximum absolute atomic E-state index is 11.8. The van der Waals surface area contributed by atoms with Gasteiger partial charge in [-0.2, -0.15) is 5.10 Å². The van der Waals surface area contributed by atoms with Crippen LogP contribution in [0.4, 0.5) is 0 Å². The Balaban J connectivity index is 2.82. The number of nitrogens with one attached hydrogen (secondary N) is 1. The SMILES string of the molecule is Cc1nn(C)c(Cl)c1C(=O)NCC(C)C. The van der Waals surface area contributed by atoms with E-state index in [1.807, 2.05) is 13.8 Å². The number of nitrogens with zero attached hydrogens (tertiary/aromatic N) is 2. The van der Waals surface area contributed by atoms with Crippen molar-refractivity contribution in [1.29, 1.82) is 0 Å². The number of hydrogen-bond donors (Lipinski definition) is 1. The van der Waals surface area contributed by atoms with Crippen LogP contribution in [0.1, 0.15) is 29.9 Å². The maximum atomic E-state index is 11.8. The lowest BCUT2D eigenvalue weighted by molar-refractivity contribution is 0.0948. The first-order chi connectivity index (χ1) is 6.93. The van der Waals surface area contributed by atoms with Crippen molar-refractivity contribution in [1.82, 2.24) is 15.1 Å². The molecule has 0 saturated carbocycles. The van der Waals surface area contributed by atoms with Crippen LogP contribution in [0.2, 0.25) is 5.15 Å². The molecule has 0 atom stereocenters. The topological polar surface area (TPSA) is 46.9 Å². The van der Waals surface area contributed by atoms with Gasteiger partial charge in [-0.25, -0.2) is 0 Å². The molecule has 5 heteroatoms. The van der Waals surface area contributed by atoms with Crippen LogP contribution < -0.4 is 5.32 Å². The molecular weight excluding hydrogens is 214 g/mol. The molecule has 1 aromatic heterocycles. The van der Waals surface area contributed by atoms with E-state index >= 15 is 0 Å². The summed E-state index contributed by atoms with van der Waals surface area (Å²) in [6.45, 7) is 6.50. The molecule has 4 nitrogen and oxygen atoms in total. The number of amides is 1. The van der Waals surface area contributed by atoms with Gasteiger partial charge in [0.05, 0.1) is 11.3 Å². The summed E-state index contributed by atoms with van der Waals surface area (Å²) in [5.74, 6) is 0.268. The molecule has 0 spiro atoms. The van der Waals surface area contributed by atoms with E-state index in [9.17, 15) is 4.79 Å². The second-order valence-corrected chi connectivity index (χ2v) is 4.34. The van der Waals surface area contributed by atoms with Crippen molar-refractivity contribution in [2.24, 2.45) is 13.0 Å². The Bertz CT molecular complexity index is 371. The van der Waals surface area contributed by atoms with Crippen molar-refractivity contribution in [2.45, 2.75) is 20.8 Å². The Hall–Kier alpha value is -1.03. The molecule has 0 radical (unpaired) electrons. The second-order valence-electron chi connectivity index (χ2n) is 3.98. The van der Waals surface area contributed by atoms with Gasteiger partial charge in [0.2, 0.25) is 0 Å². The molecule has 0 unspecified atom stereocenters. The van der Waals surface area contributed by atoms with Gasteiger partial charge in [-0.3, -0.25) is 9.48 Å². The van der Waals surface area contributed by atoms with Crippen LogP contribution in [0, 0.1) is 12.8 Å². The fourth-order valence-corrected chi connectivity index (χ4v) is 1.53. The molecule has 0 aliphatic carbocycles. The van der Waals surface area contributed by atoms with Gasteiger partial charge in [-0.15, -0.1) is 0 Å². The summed E-state index contributed by atoms with van der Waals surface area (Å²) >= 11 is 5.96. The number of hydrogen-bond acceptors (Lipinski definition) is 2. The minimum absolute atomic E-state index is 0.153. The van der Waals surface area contributed by atoms with E-state index in [2.05, 4.69) is 10.4 Å². The zero-order valence-electron chi connectivity index (χ0n) is 9.47. The lowest BCUT2D eigenvalue weighted by Gasteiger charge is -2.06. The maximum Gasteiger partial charge on any atom is 0.256 e. The van der Waals surface area contributed by atoms with Crippen LogP contribution in [0.15, 0.2) is 0 Å². The summed E-state index contributed by atoms with van der Waals surface area (Å²) in [6.07, 6.45) is 0. The highest BCUT2D eigenvalue weighted by Gasteiger charge is 2.18. The Morgan fingerprint density at radius 3 is 2.60 bits per heavy atom. The number of carbonyl (C=O) groups is 1. The molecule has 1 rings (SSSR count). The monoisotopic (exact) mass is 229 g/mol. The third kappa shape index (κ3) is 2.72. The van der Waals surface area contributed by atoms with Gasteiger partial charge in [0, 0.05) is 13.6 Å². The molecule has 0 bridgehead atoms. The van der Waals surface area contributed by atoms with Crippen LogP contribution in [-0.4, -0.2) is 22.2 Å². The zero-order chi connectivity index (χ0) is 11.6. The van der Waals surface area contributed by atoms with E-state index < -0.39 is 0 Å². The Morgan fingerprint density at radius 2 is 2.20 bits per heavy atom. The van der Waals surface area contributed by atoms with Gasteiger partial charge in [-0.1, -0.05) is 25.4 Å². The normalized spacial score (nSPS) is 10.8. The summed E-state index contributed by atoms with van der Waals surface area (Å²) in [6, 6.07) is 0. The summed E-state index contributed by atoms with van der Waals surface area (Å²) in [5, 5.41) is 7.28. The number of aromatic nitrogens is 2. The van der Waals surface area contributed by atoms with Gasteiger partial charge in [0.25, 0.3) is 5.91 Å². The molecule has 0 aromatic carbocycles. The highest BCUT2D eigenvalue weighted by atomic mass is 35.5. The van der Waals surface area contributed by atoms with Crippen LogP contribution in [0.5, 0.6) is 0 Å². The van der Waals surface area contributed by atoms with E-state index in [0.29, 0.717) is 28.9 Å². The molecule has 1 aromatic rings. The van der Waals surface area contributed by atoms with Gasteiger partial charge in [0.15, 0.2) is 0 Å². The molecule has 0 aliphatic rings. The van der Waals surface area contributed by atoms with E-state index in [-0.39, 0.29) is 5.91 Å². The van der Waals surface area contributed by atoms with Gasteiger partial charge in [-0.05, 0) is 12.8 Å². The van der Waals surface area contributed by atoms with Crippen molar-refractivity contribution in [2.75, 3.05) is 6.54 Å². The minimum atomic E-state index is -0.153. The minimum Gasteiger partial charge on any atom is -0.352 e. The molecule has 1 amide bonds. The molecule has 0 fully saturated rings. The van der Waals surface area contributed by atoms with E-state index in [1.54, 1.807) is 14.0 Å². The molecule has 1 heterocycles. The van der Waals surface area contributed by atoms with Crippen molar-refractivity contribution in [3.05, 3.63) is 16.4 Å². The highest BCUT2D eigenvalue weighted by Crippen LogP contribution is 2.18. The standard InChI is InChI=1S/C10H16ClN3O/c1-6(2)5-12-10(15)8-7(3)13-14(4)9(8)11/h6H,5H2,1-4H3,(H,12,15). The zero-order valence-corrected chi connectivity index (χ0v) is 10.2. The number of rotatable bonds is 3. The number of carbonyl (C=O) groups excluding carboxylic acids is 1. The smallest absolute Gasteiger partial charge is 0.256 e. The van der Waals surface area contributed by atoms with Gasteiger partial charge < -0.3 is 5.32 Å². The summed E-state index contributed by atoms with van der Waals surface area (Å²) in [4.78, 5) is 11.8. The Kier molecular flexibility index (Phi) is 3.74. The lowest BCUT2D eigenvalue weighted by Crippen LogP contribution is -2.27. The van der Waals surface area contributed by atoms with Crippen LogP contribution >= 0.6 is 11.6 Å². The van der Waals surface area contributed by atoms with Crippen molar-refractivity contribution < 1.29 is 4.79 Å². The first kappa shape index (κ1) is 12.0. The van der Waals surface area contributed by atoms with E-state index in [1.165, 1.54) is 4.68 Å². The van der Waals surface area contributed by atoms with Crippen LogP contribution in [-0.2, 0) is 7.05 Å². The second kappa shape index (κ2) is 4.66. The predicted octanol–water partition coefficient (Wildman–Crippen LogP) is 1.77. The quantitative estimate of drug-likeness (QED) is 0.859. The third-order valence-corrected chi connectivity index (χ3v) is 2.48. The number of aryl methyl sites for hydroxylation is 2. The largest absolute Gasteiger partial charge is 0.352 e. The molecule has 15 heavy (non-hydrogen) atoms. The summed E-state index contributed by atoms with van der Waals surface area (Å²) in [5.41, 5.74) is 1.13. The van der Waals surface area contributed by atoms with Gasteiger partial charge in [0.1, 0.15) is 5.15 Å². The summed E-state index contributed by atoms with van der Waals surface area (Å²) < 4.78 is 1.50. The third-order valence-electron chi connectivity index (χ3n) is 2.05. The average Bonchev–Trinajstić information content (AvgIpc) is 2.37. The summed E-state index contributed by atoms with van der Waals surface area (Å²) in [7, 11) is 1.72. The number of halogens is 1. The molecule has 0 saturated heterocycles. The molecular formula is C10H16ClN3O. The van der Waals surface area contributed by atoms with E-state index in [4.69, 9.17) is 11.6 Å². The first-order valence-corrected chi connectivity index (χ1v) is 5.28. The van der Waals surface area contributed by atoms with E-state index in [0.717, 1.165) is 0 Å². The van der Waals surface area contributed by atoms with Crippen LogP contribution in [0.25, 0.3) is 0 Å². The van der Waals surface area contributed by atoms with Crippen molar-refractivity contribution in [3.8, 4) is 0 Å². The molecule has 1 N–H and O–H groups in total. The van der Waals surface area contributed by atoms with Crippen molar-refractivity contribution in [3.63, 3.8) is 0 Å². The lowest BCUT2D eigenvalue weighted by atomic mass is 10.2. The average molecular weight is 230 g/mol. The first-order valence-electron chi connectivity index (χ1n) is 4.90. The van der Waals surface area contributed by atoms with Crippen molar-refractivity contribution >= 4 is 17.5 Å². The van der Waals surface area contributed by atoms with Crippen LogP contribution in [0.3, 0.4) is 0 Å².